The fourth-order valence-corrected chi connectivity index (χ4v) is 3.37. The Morgan fingerprint density at radius 3 is 2.58 bits per heavy atom. The van der Waals surface area contributed by atoms with Gasteiger partial charge in [-0.1, -0.05) is 30.3 Å². The van der Waals surface area contributed by atoms with Gasteiger partial charge in [-0.15, -0.1) is 11.3 Å². The van der Waals surface area contributed by atoms with Crippen LogP contribution in [0.15, 0.2) is 58.5 Å². The maximum atomic E-state index is 12.9. The van der Waals surface area contributed by atoms with E-state index in [-0.39, 0.29) is 5.91 Å². The van der Waals surface area contributed by atoms with E-state index in [9.17, 15) is 4.79 Å². The highest BCUT2D eigenvalue weighted by molar-refractivity contribution is 7.09. The first kappa shape index (κ1) is 18.4. The van der Waals surface area contributed by atoms with Gasteiger partial charge in [0.15, 0.2) is 0 Å². The fourth-order valence-electron chi connectivity index (χ4n) is 2.77. The maximum Gasteiger partial charge on any atom is 0.237 e. The van der Waals surface area contributed by atoms with Crippen LogP contribution in [0, 0.1) is 6.92 Å². The smallest absolute Gasteiger partial charge is 0.237 e. The Balaban J connectivity index is 1.65. The lowest BCUT2D eigenvalue weighted by molar-refractivity contribution is -0.133. The van der Waals surface area contributed by atoms with Crippen molar-refractivity contribution in [2.75, 3.05) is 13.6 Å². The SMILES string of the molecule is Cc1nc(CN(C)CC(=O)N(Cc2ccccc2)Cc2ccco2)cs1. The highest BCUT2D eigenvalue weighted by Crippen LogP contribution is 2.13. The summed E-state index contributed by atoms with van der Waals surface area (Å²) in [6.45, 7) is 4.01. The summed E-state index contributed by atoms with van der Waals surface area (Å²) in [5, 5.41) is 3.09. The minimum atomic E-state index is 0.0692. The standard InChI is InChI=1S/C20H23N3O2S/c1-16-21-18(15-26-16)12-22(2)14-20(24)23(13-19-9-6-10-25-19)11-17-7-4-3-5-8-17/h3-10,15H,11-14H2,1-2H3. The van der Waals surface area contributed by atoms with Crippen molar-refractivity contribution in [1.82, 2.24) is 14.8 Å². The van der Waals surface area contributed by atoms with Crippen molar-refractivity contribution in [2.45, 2.75) is 26.6 Å². The number of amides is 1. The van der Waals surface area contributed by atoms with Crippen LogP contribution in [0.1, 0.15) is 22.0 Å². The van der Waals surface area contributed by atoms with Crippen LogP contribution in [0.2, 0.25) is 0 Å². The second-order valence-corrected chi connectivity index (χ2v) is 7.41. The normalized spacial score (nSPS) is 11.0. The van der Waals surface area contributed by atoms with E-state index in [1.54, 1.807) is 17.6 Å². The zero-order valence-electron chi connectivity index (χ0n) is 15.1. The summed E-state index contributed by atoms with van der Waals surface area (Å²) in [6.07, 6.45) is 1.64. The number of hydrogen-bond donors (Lipinski definition) is 0. The number of benzene rings is 1. The van der Waals surface area contributed by atoms with Crippen molar-refractivity contribution in [1.29, 1.82) is 0 Å². The first-order chi connectivity index (χ1) is 12.6. The van der Waals surface area contributed by atoms with Crippen molar-refractivity contribution >= 4 is 17.2 Å². The van der Waals surface area contributed by atoms with Crippen LogP contribution in [0.3, 0.4) is 0 Å². The third-order valence-corrected chi connectivity index (χ3v) is 4.82. The summed E-state index contributed by atoms with van der Waals surface area (Å²) in [5.74, 6) is 0.853. The molecule has 2 aromatic heterocycles. The Morgan fingerprint density at radius 1 is 1.12 bits per heavy atom. The van der Waals surface area contributed by atoms with Gasteiger partial charge in [0.1, 0.15) is 5.76 Å². The van der Waals surface area contributed by atoms with Crippen molar-refractivity contribution < 1.29 is 9.21 Å². The van der Waals surface area contributed by atoms with Gasteiger partial charge in [0.2, 0.25) is 5.91 Å². The van der Waals surface area contributed by atoms with E-state index in [1.807, 2.05) is 71.6 Å². The van der Waals surface area contributed by atoms with Gasteiger partial charge in [-0.05, 0) is 31.7 Å². The van der Waals surface area contributed by atoms with Gasteiger partial charge < -0.3 is 9.32 Å². The Bertz CT molecular complexity index is 815. The molecular weight excluding hydrogens is 346 g/mol. The largest absolute Gasteiger partial charge is 0.467 e. The van der Waals surface area contributed by atoms with Crippen molar-refractivity contribution in [3.8, 4) is 0 Å². The Morgan fingerprint density at radius 2 is 1.92 bits per heavy atom. The van der Waals surface area contributed by atoms with E-state index >= 15 is 0 Å². The number of carbonyl (C=O) groups excluding carboxylic acids is 1. The fraction of sp³-hybridized carbons (Fsp3) is 0.300. The summed E-state index contributed by atoms with van der Waals surface area (Å²) < 4.78 is 5.44. The number of hydrogen-bond acceptors (Lipinski definition) is 5. The maximum absolute atomic E-state index is 12.9. The quantitative estimate of drug-likeness (QED) is 0.607. The van der Waals surface area contributed by atoms with Gasteiger partial charge in [-0.25, -0.2) is 4.98 Å². The third kappa shape index (κ3) is 5.28. The van der Waals surface area contributed by atoms with Crippen LogP contribution in [0.4, 0.5) is 0 Å². The Kier molecular flexibility index (Phi) is 6.20. The monoisotopic (exact) mass is 369 g/mol. The number of nitrogens with zero attached hydrogens (tertiary/aromatic N) is 3. The molecule has 1 amide bonds. The summed E-state index contributed by atoms with van der Waals surface area (Å²) in [6, 6.07) is 13.8. The second kappa shape index (κ2) is 8.78. The van der Waals surface area contributed by atoms with Gasteiger partial charge in [-0.2, -0.15) is 0 Å². The topological polar surface area (TPSA) is 49.6 Å². The van der Waals surface area contributed by atoms with Crippen LogP contribution in [-0.2, 0) is 24.4 Å². The minimum Gasteiger partial charge on any atom is -0.467 e. The van der Waals surface area contributed by atoms with E-state index in [0.717, 1.165) is 22.0 Å². The Hall–Kier alpha value is -2.44. The van der Waals surface area contributed by atoms with Crippen molar-refractivity contribution in [2.24, 2.45) is 0 Å². The molecule has 0 unspecified atom stereocenters. The third-order valence-electron chi connectivity index (χ3n) is 4.00. The molecule has 6 heteroatoms. The summed E-state index contributed by atoms with van der Waals surface area (Å²) in [7, 11) is 1.94. The molecule has 136 valence electrons. The van der Waals surface area contributed by atoms with Gasteiger partial charge in [-0.3, -0.25) is 9.69 Å². The molecular formula is C20H23N3O2S. The molecule has 26 heavy (non-hydrogen) atoms. The molecule has 0 aliphatic heterocycles. The molecule has 3 aromatic rings. The summed E-state index contributed by atoms with van der Waals surface area (Å²) in [5.41, 5.74) is 2.11. The van der Waals surface area contributed by atoms with Crippen LogP contribution in [0.25, 0.3) is 0 Å². The van der Waals surface area contributed by atoms with E-state index < -0.39 is 0 Å². The van der Waals surface area contributed by atoms with E-state index in [0.29, 0.717) is 26.2 Å². The van der Waals surface area contributed by atoms with Gasteiger partial charge in [0.05, 0.1) is 30.1 Å². The molecule has 0 bridgehead atoms. The summed E-state index contributed by atoms with van der Waals surface area (Å²) in [4.78, 5) is 21.2. The molecule has 0 aliphatic carbocycles. The lowest BCUT2D eigenvalue weighted by Gasteiger charge is -2.25. The number of furan rings is 1. The average molecular weight is 369 g/mol. The van der Waals surface area contributed by atoms with Crippen LogP contribution in [0.5, 0.6) is 0 Å². The zero-order valence-corrected chi connectivity index (χ0v) is 15.9. The van der Waals surface area contributed by atoms with Gasteiger partial charge in [0.25, 0.3) is 0 Å². The lowest BCUT2D eigenvalue weighted by Crippen LogP contribution is -2.38. The molecule has 0 aliphatic rings. The first-order valence-electron chi connectivity index (χ1n) is 8.54. The van der Waals surface area contributed by atoms with E-state index in [2.05, 4.69) is 4.98 Å². The van der Waals surface area contributed by atoms with Crippen LogP contribution in [-0.4, -0.2) is 34.3 Å². The summed E-state index contributed by atoms with van der Waals surface area (Å²) >= 11 is 1.63. The first-order valence-corrected chi connectivity index (χ1v) is 9.42. The van der Waals surface area contributed by atoms with Gasteiger partial charge in [0, 0.05) is 18.5 Å². The molecule has 1 aromatic carbocycles. The van der Waals surface area contributed by atoms with Crippen molar-refractivity contribution in [3.63, 3.8) is 0 Å². The lowest BCUT2D eigenvalue weighted by atomic mass is 10.2. The van der Waals surface area contributed by atoms with Crippen molar-refractivity contribution in [3.05, 3.63) is 76.1 Å². The molecule has 0 radical (unpaired) electrons. The number of likely N-dealkylation sites (N-methyl/N-ethyl adjacent to an activating group) is 1. The molecule has 0 fully saturated rings. The molecule has 2 heterocycles. The number of aromatic nitrogens is 1. The highest BCUT2D eigenvalue weighted by atomic mass is 32.1. The molecule has 0 N–H and O–H groups in total. The van der Waals surface area contributed by atoms with E-state index in [1.165, 1.54) is 0 Å². The van der Waals surface area contributed by atoms with Gasteiger partial charge >= 0.3 is 0 Å². The molecule has 0 atom stereocenters. The van der Waals surface area contributed by atoms with E-state index in [4.69, 9.17) is 4.42 Å². The molecule has 0 saturated carbocycles. The highest BCUT2D eigenvalue weighted by Gasteiger charge is 2.18. The zero-order chi connectivity index (χ0) is 18.4. The molecule has 0 spiro atoms. The minimum absolute atomic E-state index is 0.0692. The predicted octanol–water partition coefficient (Wildman–Crippen LogP) is 3.71. The number of carbonyl (C=O) groups is 1. The molecule has 0 saturated heterocycles. The number of aryl methyl sites for hydroxylation is 1. The van der Waals surface area contributed by atoms with Crippen LogP contribution >= 0.6 is 11.3 Å². The average Bonchev–Trinajstić information content (AvgIpc) is 3.27. The molecule has 3 rings (SSSR count). The number of rotatable bonds is 8. The second-order valence-electron chi connectivity index (χ2n) is 6.34. The number of thiazole rings is 1. The predicted molar refractivity (Wildman–Crippen MR) is 103 cm³/mol. The molecule has 5 nitrogen and oxygen atoms in total. The van der Waals surface area contributed by atoms with Crippen LogP contribution < -0.4 is 0 Å². The Labute approximate surface area is 157 Å².